The van der Waals surface area contributed by atoms with Crippen molar-refractivity contribution in [2.75, 3.05) is 37.6 Å². The van der Waals surface area contributed by atoms with Gasteiger partial charge in [-0.25, -0.2) is 0 Å². The van der Waals surface area contributed by atoms with Crippen molar-refractivity contribution in [3.05, 3.63) is 35.9 Å². The van der Waals surface area contributed by atoms with Gasteiger partial charge in [-0.15, -0.1) is 6.58 Å². The zero-order valence-corrected chi connectivity index (χ0v) is 14.2. The summed E-state index contributed by atoms with van der Waals surface area (Å²) in [5, 5.41) is -0.164. The Balaban J connectivity index is 2.19. The summed E-state index contributed by atoms with van der Waals surface area (Å²) < 4.78 is 63.8. The molecule has 0 aromatic heterocycles. The molecule has 1 aliphatic rings. The Morgan fingerprint density at radius 2 is 1.88 bits per heavy atom. The van der Waals surface area contributed by atoms with Crippen LogP contribution in [0.25, 0.3) is 0 Å². The van der Waals surface area contributed by atoms with Crippen molar-refractivity contribution in [2.24, 2.45) is 0 Å². The summed E-state index contributed by atoms with van der Waals surface area (Å²) >= 11 is 6.07. The molecular weight excluding hydrogens is 369 g/mol. The first kappa shape index (κ1) is 18.9. The zero-order chi connectivity index (χ0) is 18.0. The van der Waals surface area contributed by atoms with Crippen molar-refractivity contribution >= 4 is 27.4 Å². The first-order valence-electron chi connectivity index (χ1n) is 7.03. The number of nitrogens with zero attached hydrogens (tertiary/aromatic N) is 2. The summed E-state index contributed by atoms with van der Waals surface area (Å²) in [6, 6.07) is 4.10. The SMILES string of the molecule is C=CCN1CCN(c2cccc(OS(=O)(=O)C(F)(F)F)c2Cl)CC1. The fourth-order valence-corrected chi connectivity index (χ4v) is 3.13. The van der Waals surface area contributed by atoms with Gasteiger partial charge in [0.1, 0.15) is 5.02 Å². The maximum atomic E-state index is 12.4. The molecule has 0 aliphatic carbocycles. The molecule has 0 bridgehead atoms. The van der Waals surface area contributed by atoms with Crippen molar-refractivity contribution in [3.63, 3.8) is 0 Å². The number of hydrogen-bond acceptors (Lipinski definition) is 5. The van der Waals surface area contributed by atoms with Crippen LogP contribution in [0.4, 0.5) is 18.9 Å². The molecule has 1 aliphatic heterocycles. The van der Waals surface area contributed by atoms with E-state index in [0.29, 0.717) is 18.8 Å². The van der Waals surface area contributed by atoms with Gasteiger partial charge in [-0.3, -0.25) is 4.90 Å². The lowest BCUT2D eigenvalue weighted by atomic mass is 10.2. The van der Waals surface area contributed by atoms with Crippen LogP contribution in [-0.2, 0) is 10.1 Å². The molecule has 0 spiro atoms. The van der Waals surface area contributed by atoms with E-state index < -0.39 is 21.4 Å². The summed E-state index contributed by atoms with van der Waals surface area (Å²) in [5.74, 6) is -0.542. The van der Waals surface area contributed by atoms with E-state index in [1.807, 2.05) is 4.90 Å². The van der Waals surface area contributed by atoms with Gasteiger partial charge >= 0.3 is 15.6 Å². The van der Waals surface area contributed by atoms with E-state index in [1.54, 1.807) is 12.1 Å². The fourth-order valence-electron chi connectivity index (χ4n) is 2.33. The zero-order valence-electron chi connectivity index (χ0n) is 12.6. The third-order valence-corrected chi connectivity index (χ3v) is 4.87. The second kappa shape index (κ2) is 7.20. The predicted molar refractivity (Wildman–Crippen MR) is 85.9 cm³/mol. The molecule has 0 atom stereocenters. The second-order valence-electron chi connectivity index (χ2n) is 5.15. The van der Waals surface area contributed by atoms with Crippen molar-refractivity contribution in [2.45, 2.75) is 5.51 Å². The molecule has 1 saturated heterocycles. The molecule has 1 fully saturated rings. The van der Waals surface area contributed by atoms with E-state index in [4.69, 9.17) is 11.6 Å². The number of piperazine rings is 1. The number of anilines is 1. The molecule has 0 unspecified atom stereocenters. The van der Waals surface area contributed by atoms with Crippen molar-refractivity contribution < 1.29 is 25.8 Å². The number of rotatable bonds is 5. The molecule has 1 heterocycles. The van der Waals surface area contributed by atoms with Gasteiger partial charge in [0.25, 0.3) is 0 Å². The molecule has 0 saturated carbocycles. The minimum Gasteiger partial charge on any atom is -0.374 e. The Morgan fingerprint density at radius 3 is 2.42 bits per heavy atom. The predicted octanol–water partition coefficient (Wildman–Crippen LogP) is 2.88. The van der Waals surface area contributed by atoms with Gasteiger partial charge in [0.05, 0.1) is 5.69 Å². The van der Waals surface area contributed by atoms with E-state index in [-0.39, 0.29) is 5.02 Å². The van der Waals surface area contributed by atoms with Crippen LogP contribution >= 0.6 is 11.6 Å². The molecule has 5 nitrogen and oxygen atoms in total. The summed E-state index contributed by atoms with van der Waals surface area (Å²) in [4.78, 5) is 4.03. The molecule has 0 radical (unpaired) electrons. The van der Waals surface area contributed by atoms with Gasteiger partial charge in [0, 0.05) is 32.7 Å². The van der Waals surface area contributed by atoms with Crippen molar-refractivity contribution in [1.29, 1.82) is 0 Å². The maximum absolute atomic E-state index is 12.4. The maximum Gasteiger partial charge on any atom is 0.534 e. The number of alkyl halides is 3. The van der Waals surface area contributed by atoms with Crippen LogP contribution in [-0.4, -0.2) is 51.5 Å². The Labute approximate surface area is 143 Å². The molecule has 1 aromatic carbocycles. The van der Waals surface area contributed by atoms with Gasteiger partial charge in [-0.1, -0.05) is 23.7 Å². The number of benzene rings is 1. The molecule has 10 heteroatoms. The van der Waals surface area contributed by atoms with Gasteiger partial charge in [-0.05, 0) is 12.1 Å². The van der Waals surface area contributed by atoms with E-state index in [2.05, 4.69) is 15.7 Å². The Morgan fingerprint density at radius 1 is 1.25 bits per heavy atom. The monoisotopic (exact) mass is 384 g/mol. The van der Waals surface area contributed by atoms with Crippen LogP contribution < -0.4 is 9.08 Å². The summed E-state index contributed by atoms with van der Waals surface area (Å²) in [6.07, 6.45) is 1.79. The minimum atomic E-state index is -5.76. The van der Waals surface area contributed by atoms with E-state index >= 15 is 0 Å². The van der Waals surface area contributed by atoms with Crippen LogP contribution in [0.15, 0.2) is 30.9 Å². The largest absolute Gasteiger partial charge is 0.534 e. The van der Waals surface area contributed by atoms with Gasteiger partial charge in [0.15, 0.2) is 5.75 Å². The molecule has 2 rings (SSSR count). The highest BCUT2D eigenvalue weighted by Crippen LogP contribution is 2.37. The highest BCUT2D eigenvalue weighted by atomic mass is 35.5. The Hall–Kier alpha value is -1.45. The van der Waals surface area contributed by atoms with Gasteiger partial charge in [-0.2, -0.15) is 21.6 Å². The first-order valence-corrected chi connectivity index (χ1v) is 8.82. The van der Waals surface area contributed by atoms with E-state index in [9.17, 15) is 21.6 Å². The standard InChI is InChI=1S/C14H16ClF3N2O3S/c1-2-6-19-7-9-20(10-8-19)11-4-3-5-12(13(11)15)23-24(21,22)14(16,17)18/h2-5H,1,6-10H2. The van der Waals surface area contributed by atoms with Crippen LogP contribution in [0.3, 0.4) is 0 Å². The molecule has 0 amide bonds. The molecule has 0 N–H and O–H groups in total. The summed E-state index contributed by atoms with van der Waals surface area (Å²) in [5.41, 5.74) is -5.08. The quantitative estimate of drug-likeness (QED) is 0.444. The van der Waals surface area contributed by atoms with E-state index in [0.717, 1.165) is 25.7 Å². The molecule has 134 valence electrons. The van der Waals surface area contributed by atoms with Crippen molar-refractivity contribution in [1.82, 2.24) is 4.90 Å². The fraction of sp³-hybridized carbons (Fsp3) is 0.429. The average Bonchev–Trinajstić information content (AvgIpc) is 2.49. The third-order valence-electron chi connectivity index (χ3n) is 3.53. The normalized spacial score (nSPS) is 16.9. The molecule has 1 aromatic rings. The van der Waals surface area contributed by atoms with Gasteiger partial charge < -0.3 is 9.08 Å². The lowest BCUT2D eigenvalue weighted by molar-refractivity contribution is -0.0500. The lowest BCUT2D eigenvalue weighted by Gasteiger charge is -2.36. The second-order valence-corrected chi connectivity index (χ2v) is 7.06. The highest BCUT2D eigenvalue weighted by Gasteiger charge is 2.48. The highest BCUT2D eigenvalue weighted by molar-refractivity contribution is 7.88. The number of hydrogen-bond donors (Lipinski definition) is 0. The Kier molecular flexibility index (Phi) is 5.67. The van der Waals surface area contributed by atoms with Gasteiger partial charge in [0.2, 0.25) is 0 Å². The van der Waals surface area contributed by atoms with E-state index in [1.165, 1.54) is 6.07 Å². The lowest BCUT2D eigenvalue weighted by Crippen LogP contribution is -2.46. The first-order chi connectivity index (χ1) is 11.2. The summed E-state index contributed by atoms with van der Waals surface area (Å²) in [7, 11) is -5.76. The summed E-state index contributed by atoms with van der Waals surface area (Å²) in [6.45, 7) is 7.08. The van der Waals surface area contributed by atoms with Crippen LogP contribution in [0, 0.1) is 0 Å². The van der Waals surface area contributed by atoms with Crippen LogP contribution in [0.1, 0.15) is 0 Å². The number of halogens is 4. The minimum absolute atomic E-state index is 0.164. The van der Waals surface area contributed by atoms with Crippen LogP contribution in [0.2, 0.25) is 5.02 Å². The van der Waals surface area contributed by atoms with Crippen LogP contribution in [0.5, 0.6) is 5.75 Å². The topological polar surface area (TPSA) is 49.9 Å². The average molecular weight is 385 g/mol. The Bertz CT molecular complexity index is 702. The molecule has 24 heavy (non-hydrogen) atoms. The third kappa shape index (κ3) is 4.14. The smallest absolute Gasteiger partial charge is 0.374 e. The molecular formula is C14H16ClF3N2O3S. The van der Waals surface area contributed by atoms with Crippen molar-refractivity contribution in [3.8, 4) is 5.75 Å².